The Bertz CT molecular complexity index is 970. The number of ether oxygens (including phenoxy) is 1. The van der Waals surface area contributed by atoms with Gasteiger partial charge in [0.05, 0.1) is 23.7 Å². The van der Waals surface area contributed by atoms with Gasteiger partial charge in [-0.1, -0.05) is 46.8 Å². The lowest BCUT2D eigenvalue weighted by Gasteiger charge is -2.09. The molecule has 0 aliphatic heterocycles. The van der Waals surface area contributed by atoms with Crippen molar-refractivity contribution in [2.45, 2.75) is 11.3 Å². The molecule has 28 heavy (non-hydrogen) atoms. The molecule has 0 atom stereocenters. The number of hydrogen-bond acceptors (Lipinski definition) is 7. The number of carbonyl (C=O) groups is 1. The smallest absolute Gasteiger partial charge is 0.234 e. The number of nitrogens with zero attached hydrogens (tertiary/aromatic N) is 2. The van der Waals surface area contributed by atoms with Crippen molar-refractivity contribution in [1.29, 1.82) is 0 Å². The Morgan fingerprint density at radius 2 is 2.07 bits per heavy atom. The highest BCUT2D eigenvalue weighted by molar-refractivity contribution is 8.01. The highest BCUT2D eigenvalue weighted by Gasteiger charge is 2.12. The van der Waals surface area contributed by atoms with E-state index < -0.39 is 5.82 Å². The minimum absolute atomic E-state index is 0.0756. The summed E-state index contributed by atoms with van der Waals surface area (Å²) in [6.45, 7) is 2.47. The molecule has 1 heterocycles. The van der Waals surface area contributed by atoms with Crippen molar-refractivity contribution in [2.75, 3.05) is 23.0 Å². The van der Waals surface area contributed by atoms with Gasteiger partial charge >= 0.3 is 0 Å². The van der Waals surface area contributed by atoms with Crippen molar-refractivity contribution in [1.82, 2.24) is 10.2 Å². The molecule has 0 saturated heterocycles. The molecule has 10 heteroatoms. The molecule has 0 aliphatic rings. The summed E-state index contributed by atoms with van der Waals surface area (Å²) >= 11 is 8.22. The van der Waals surface area contributed by atoms with E-state index in [0.29, 0.717) is 16.1 Å². The second-order valence-electron chi connectivity index (χ2n) is 5.39. The molecule has 146 valence electrons. The van der Waals surface area contributed by atoms with Crippen LogP contribution in [0.3, 0.4) is 0 Å². The van der Waals surface area contributed by atoms with Gasteiger partial charge in [0.1, 0.15) is 11.6 Å². The maximum Gasteiger partial charge on any atom is 0.234 e. The van der Waals surface area contributed by atoms with Crippen LogP contribution >= 0.6 is 34.7 Å². The third-order valence-corrected chi connectivity index (χ3v) is 5.57. The Kier molecular flexibility index (Phi) is 7.07. The normalized spacial score (nSPS) is 10.5. The molecule has 0 unspecified atom stereocenters. The largest absolute Gasteiger partial charge is 0.492 e. The van der Waals surface area contributed by atoms with Gasteiger partial charge in [0.15, 0.2) is 4.34 Å². The molecule has 0 radical (unpaired) electrons. The predicted octanol–water partition coefficient (Wildman–Crippen LogP) is 5.20. The molecule has 6 nitrogen and oxygen atoms in total. The summed E-state index contributed by atoms with van der Waals surface area (Å²) < 4.78 is 19.9. The molecule has 1 aromatic heterocycles. The number of hydrogen-bond donors (Lipinski definition) is 2. The third kappa shape index (κ3) is 5.57. The Morgan fingerprint density at radius 1 is 1.25 bits per heavy atom. The quantitative estimate of drug-likeness (QED) is 0.470. The molecule has 0 saturated carbocycles. The van der Waals surface area contributed by atoms with Gasteiger partial charge in [-0.05, 0) is 37.3 Å². The van der Waals surface area contributed by atoms with Gasteiger partial charge in [-0.3, -0.25) is 4.79 Å². The summed E-state index contributed by atoms with van der Waals surface area (Å²) in [5, 5.41) is 14.6. The fourth-order valence-corrected chi connectivity index (χ4v) is 3.91. The Morgan fingerprint density at radius 3 is 2.86 bits per heavy atom. The van der Waals surface area contributed by atoms with Crippen LogP contribution < -0.4 is 15.4 Å². The Labute approximate surface area is 174 Å². The SMILES string of the molecule is CCOc1ccccc1Nc1nnc(SCC(=O)Nc2ccc(Cl)cc2F)s1. The van der Waals surface area contributed by atoms with Crippen LogP contribution in [0.5, 0.6) is 5.75 Å². The van der Waals surface area contributed by atoms with E-state index in [0.717, 1.165) is 17.5 Å². The van der Waals surface area contributed by atoms with Crippen LogP contribution in [0, 0.1) is 5.82 Å². The molecule has 0 fully saturated rings. The molecule has 0 spiro atoms. The first-order chi connectivity index (χ1) is 13.5. The summed E-state index contributed by atoms with van der Waals surface area (Å²) in [7, 11) is 0. The van der Waals surface area contributed by atoms with Crippen molar-refractivity contribution >= 4 is 57.1 Å². The number of nitrogens with one attached hydrogen (secondary N) is 2. The number of thioether (sulfide) groups is 1. The summed E-state index contributed by atoms with van der Waals surface area (Å²) in [6.07, 6.45) is 0. The average molecular weight is 439 g/mol. The van der Waals surface area contributed by atoms with Gasteiger partial charge in [-0.2, -0.15) is 0 Å². The number of para-hydroxylation sites is 2. The summed E-state index contributed by atoms with van der Waals surface area (Å²) in [5.74, 6) is -0.135. The zero-order chi connectivity index (χ0) is 19.9. The van der Waals surface area contributed by atoms with E-state index >= 15 is 0 Å². The number of carbonyl (C=O) groups excluding carboxylic acids is 1. The van der Waals surface area contributed by atoms with Gasteiger partial charge < -0.3 is 15.4 Å². The van der Waals surface area contributed by atoms with Crippen LogP contribution in [-0.2, 0) is 4.79 Å². The monoisotopic (exact) mass is 438 g/mol. The minimum Gasteiger partial charge on any atom is -0.492 e. The van der Waals surface area contributed by atoms with Gasteiger partial charge in [0, 0.05) is 5.02 Å². The number of anilines is 3. The molecule has 0 bridgehead atoms. The molecule has 3 aromatic rings. The number of rotatable bonds is 8. The molecular formula is C18H16ClFN4O2S2. The molecule has 2 N–H and O–H groups in total. The van der Waals surface area contributed by atoms with E-state index in [1.54, 1.807) is 0 Å². The van der Waals surface area contributed by atoms with Crippen LogP contribution in [0.25, 0.3) is 0 Å². The maximum atomic E-state index is 13.7. The van der Waals surface area contributed by atoms with E-state index in [-0.39, 0.29) is 22.4 Å². The summed E-state index contributed by atoms with van der Waals surface area (Å²) in [6, 6.07) is 11.6. The average Bonchev–Trinajstić information content (AvgIpc) is 3.12. The standard InChI is InChI=1S/C18H16ClFN4O2S2/c1-2-26-15-6-4-3-5-14(15)22-17-23-24-18(28-17)27-10-16(25)21-13-8-7-11(19)9-12(13)20/h3-9H,2,10H2,1H3,(H,21,25)(H,22,23). The number of halogens is 2. The first kappa shape index (κ1) is 20.4. The number of benzene rings is 2. The maximum absolute atomic E-state index is 13.7. The highest BCUT2D eigenvalue weighted by atomic mass is 35.5. The van der Waals surface area contributed by atoms with E-state index in [1.165, 1.54) is 35.2 Å². The minimum atomic E-state index is -0.582. The Balaban J connectivity index is 1.55. The molecule has 3 rings (SSSR count). The van der Waals surface area contributed by atoms with Gasteiger partial charge in [-0.15, -0.1) is 10.2 Å². The van der Waals surface area contributed by atoms with Crippen molar-refractivity contribution in [3.05, 3.63) is 53.3 Å². The molecule has 1 amide bonds. The van der Waals surface area contributed by atoms with Crippen molar-refractivity contribution in [2.24, 2.45) is 0 Å². The summed E-state index contributed by atoms with van der Waals surface area (Å²) in [5.41, 5.74) is 0.871. The summed E-state index contributed by atoms with van der Waals surface area (Å²) in [4.78, 5) is 12.0. The van der Waals surface area contributed by atoms with Crippen LogP contribution in [0.2, 0.25) is 5.02 Å². The zero-order valence-corrected chi connectivity index (χ0v) is 17.1. The second-order valence-corrected chi connectivity index (χ2v) is 8.02. The zero-order valence-electron chi connectivity index (χ0n) is 14.7. The van der Waals surface area contributed by atoms with Crippen LogP contribution in [-0.4, -0.2) is 28.5 Å². The number of amides is 1. The fraction of sp³-hybridized carbons (Fsp3) is 0.167. The molecule has 0 aliphatic carbocycles. The fourth-order valence-electron chi connectivity index (χ4n) is 2.19. The third-order valence-electron chi connectivity index (χ3n) is 3.37. The van der Waals surface area contributed by atoms with Gasteiger partial charge in [0.25, 0.3) is 0 Å². The predicted molar refractivity (Wildman–Crippen MR) is 112 cm³/mol. The van der Waals surface area contributed by atoms with Gasteiger partial charge in [-0.25, -0.2) is 4.39 Å². The van der Waals surface area contributed by atoms with Crippen LogP contribution in [0.15, 0.2) is 46.8 Å². The lowest BCUT2D eigenvalue weighted by atomic mass is 10.3. The topological polar surface area (TPSA) is 76.1 Å². The molecular weight excluding hydrogens is 423 g/mol. The lowest BCUT2D eigenvalue weighted by Crippen LogP contribution is -2.14. The van der Waals surface area contributed by atoms with E-state index in [2.05, 4.69) is 20.8 Å². The van der Waals surface area contributed by atoms with Gasteiger partial charge in [0.2, 0.25) is 11.0 Å². The Hall–Kier alpha value is -2.36. The van der Waals surface area contributed by atoms with E-state index in [1.807, 2.05) is 31.2 Å². The lowest BCUT2D eigenvalue weighted by molar-refractivity contribution is -0.113. The first-order valence-corrected chi connectivity index (χ1v) is 10.4. The highest BCUT2D eigenvalue weighted by Crippen LogP contribution is 2.31. The van der Waals surface area contributed by atoms with Crippen LogP contribution in [0.1, 0.15) is 6.92 Å². The molecule has 2 aromatic carbocycles. The van der Waals surface area contributed by atoms with Crippen molar-refractivity contribution in [3.8, 4) is 5.75 Å². The second kappa shape index (κ2) is 9.72. The van der Waals surface area contributed by atoms with Crippen molar-refractivity contribution in [3.63, 3.8) is 0 Å². The first-order valence-electron chi connectivity index (χ1n) is 8.25. The van der Waals surface area contributed by atoms with E-state index in [4.69, 9.17) is 16.3 Å². The number of aromatic nitrogens is 2. The van der Waals surface area contributed by atoms with Crippen molar-refractivity contribution < 1.29 is 13.9 Å². The van der Waals surface area contributed by atoms with E-state index in [9.17, 15) is 9.18 Å². The van der Waals surface area contributed by atoms with Crippen LogP contribution in [0.4, 0.5) is 20.9 Å².